The van der Waals surface area contributed by atoms with Gasteiger partial charge in [-0.3, -0.25) is 0 Å². The fourth-order valence-electron chi connectivity index (χ4n) is 2.52. The number of benzene rings is 2. The Hall–Kier alpha value is -1.02. The Labute approximate surface area is 123 Å². The van der Waals surface area contributed by atoms with Crippen molar-refractivity contribution in [2.45, 2.75) is 26.9 Å². The van der Waals surface area contributed by atoms with Crippen LogP contribution in [0.25, 0.3) is 0 Å². The van der Waals surface area contributed by atoms with Gasteiger partial charge >= 0.3 is 0 Å². The van der Waals surface area contributed by atoms with Crippen molar-refractivity contribution in [1.29, 1.82) is 0 Å². The number of aryl methyl sites for hydroxylation is 3. The summed E-state index contributed by atoms with van der Waals surface area (Å²) >= 11 is 12.0. The second kappa shape index (κ2) is 5.54. The first-order chi connectivity index (χ1) is 8.88. The van der Waals surface area contributed by atoms with Crippen LogP contribution in [0, 0.1) is 20.8 Å². The molecule has 1 N–H and O–H groups in total. The molecule has 19 heavy (non-hydrogen) atoms. The lowest BCUT2D eigenvalue weighted by molar-refractivity contribution is 0.219. The molecular weight excluding hydrogens is 279 g/mol. The van der Waals surface area contributed by atoms with Gasteiger partial charge in [-0.15, -0.1) is 0 Å². The van der Waals surface area contributed by atoms with Gasteiger partial charge in [-0.1, -0.05) is 40.9 Å². The molecule has 0 radical (unpaired) electrons. The van der Waals surface area contributed by atoms with Crippen molar-refractivity contribution in [2.24, 2.45) is 0 Å². The van der Waals surface area contributed by atoms with Crippen LogP contribution in [0.4, 0.5) is 0 Å². The summed E-state index contributed by atoms with van der Waals surface area (Å²) < 4.78 is 0. The van der Waals surface area contributed by atoms with Gasteiger partial charge in [-0.05, 0) is 61.2 Å². The third-order valence-electron chi connectivity index (χ3n) is 3.21. The molecule has 0 amide bonds. The lowest BCUT2D eigenvalue weighted by Gasteiger charge is -2.18. The second-order valence-corrected chi connectivity index (χ2v) is 5.79. The van der Waals surface area contributed by atoms with Gasteiger partial charge in [0.2, 0.25) is 0 Å². The molecule has 0 saturated heterocycles. The summed E-state index contributed by atoms with van der Waals surface area (Å²) in [4.78, 5) is 0. The summed E-state index contributed by atoms with van der Waals surface area (Å²) in [5.41, 5.74) is 4.97. The topological polar surface area (TPSA) is 20.2 Å². The maximum absolute atomic E-state index is 10.6. The molecule has 2 aromatic carbocycles. The van der Waals surface area contributed by atoms with Crippen molar-refractivity contribution in [3.63, 3.8) is 0 Å². The summed E-state index contributed by atoms with van der Waals surface area (Å²) in [6.07, 6.45) is -0.711. The molecule has 0 aliphatic rings. The Kier molecular flexibility index (Phi) is 4.19. The highest BCUT2D eigenvalue weighted by molar-refractivity contribution is 6.34. The summed E-state index contributed by atoms with van der Waals surface area (Å²) in [6, 6.07) is 9.29. The van der Waals surface area contributed by atoms with Gasteiger partial charge < -0.3 is 5.11 Å². The van der Waals surface area contributed by atoms with Crippen LogP contribution in [0.5, 0.6) is 0 Å². The first-order valence-corrected chi connectivity index (χ1v) is 6.86. The van der Waals surface area contributed by atoms with E-state index in [4.69, 9.17) is 23.2 Å². The molecule has 100 valence electrons. The van der Waals surface area contributed by atoms with Gasteiger partial charge in [0.15, 0.2) is 0 Å². The number of aliphatic hydroxyl groups excluding tert-OH is 1. The molecule has 0 fully saturated rings. The molecule has 0 bridgehead atoms. The maximum Gasteiger partial charge on any atom is 0.105 e. The molecule has 0 spiro atoms. The molecule has 2 rings (SSSR count). The highest BCUT2D eigenvalue weighted by Gasteiger charge is 2.16. The van der Waals surface area contributed by atoms with Crippen molar-refractivity contribution in [3.8, 4) is 0 Å². The normalized spacial score (nSPS) is 12.5. The smallest absolute Gasteiger partial charge is 0.105 e. The standard InChI is InChI=1S/C16H16Cl2O/c1-9-4-10(2)15(11(3)5-9)16(19)12-6-13(17)8-14(18)7-12/h4-8,16,19H,1-3H3. The summed E-state index contributed by atoms with van der Waals surface area (Å²) in [7, 11) is 0. The average molecular weight is 295 g/mol. The molecule has 2 aromatic rings. The van der Waals surface area contributed by atoms with Gasteiger partial charge in [-0.2, -0.15) is 0 Å². The first-order valence-electron chi connectivity index (χ1n) is 6.10. The number of hydrogen-bond donors (Lipinski definition) is 1. The Balaban J connectivity index is 2.52. The highest BCUT2D eigenvalue weighted by Crippen LogP contribution is 2.31. The summed E-state index contributed by atoms with van der Waals surface area (Å²) in [5, 5.41) is 11.6. The van der Waals surface area contributed by atoms with Gasteiger partial charge in [0.1, 0.15) is 6.10 Å². The van der Waals surface area contributed by atoms with Crippen molar-refractivity contribution < 1.29 is 5.11 Å². The van der Waals surface area contributed by atoms with E-state index in [1.165, 1.54) is 5.56 Å². The third kappa shape index (κ3) is 3.11. The van der Waals surface area contributed by atoms with E-state index in [9.17, 15) is 5.11 Å². The maximum atomic E-state index is 10.6. The molecule has 0 aliphatic carbocycles. The average Bonchev–Trinajstić information content (AvgIpc) is 2.25. The number of halogens is 2. The molecule has 3 heteroatoms. The van der Waals surface area contributed by atoms with Crippen molar-refractivity contribution >= 4 is 23.2 Å². The zero-order chi connectivity index (χ0) is 14.2. The lowest BCUT2D eigenvalue weighted by Crippen LogP contribution is -2.05. The zero-order valence-corrected chi connectivity index (χ0v) is 12.7. The predicted molar refractivity (Wildman–Crippen MR) is 81.2 cm³/mol. The van der Waals surface area contributed by atoms with Crippen molar-refractivity contribution in [1.82, 2.24) is 0 Å². The minimum Gasteiger partial charge on any atom is -0.384 e. The highest BCUT2D eigenvalue weighted by atomic mass is 35.5. The van der Waals surface area contributed by atoms with Gasteiger partial charge in [0, 0.05) is 10.0 Å². The molecule has 0 aliphatic heterocycles. The molecule has 0 saturated carbocycles. The minimum absolute atomic E-state index is 0.531. The first kappa shape index (κ1) is 14.4. The second-order valence-electron chi connectivity index (χ2n) is 4.92. The Bertz CT molecular complexity index is 577. The molecule has 0 aromatic heterocycles. The van der Waals surface area contributed by atoms with E-state index in [2.05, 4.69) is 12.1 Å². The van der Waals surface area contributed by atoms with Gasteiger partial charge in [0.05, 0.1) is 0 Å². The van der Waals surface area contributed by atoms with E-state index in [1.807, 2.05) is 20.8 Å². The van der Waals surface area contributed by atoms with Crippen LogP contribution >= 0.6 is 23.2 Å². The molecular formula is C16H16Cl2O. The van der Waals surface area contributed by atoms with Crippen LogP contribution in [-0.2, 0) is 0 Å². The van der Waals surface area contributed by atoms with E-state index in [-0.39, 0.29) is 0 Å². The largest absolute Gasteiger partial charge is 0.384 e. The fraction of sp³-hybridized carbons (Fsp3) is 0.250. The Morgan fingerprint density at radius 2 is 1.32 bits per heavy atom. The molecule has 0 heterocycles. The van der Waals surface area contributed by atoms with Crippen molar-refractivity contribution in [2.75, 3.05) is 0 Å². The van der Waals surface area contributed by atoms with Crippen LogP contribution < -0.4 is 0 Å². The fourth-order valence-corrected chi connectivity index (χ4v) is 3.07. The van der Waals surface area contributed by atoms with Crippen LogP contribution in [0.15, 0.2) is 30.3 Å². The van der Waals surface area contributed by atoms with Crippen molar-refractivity contribution in [3.05, 3.63) is 68.2 Å². The van der Waals surface area contributed by atoms with E-state index in [1.54, 1.807) is 18.2 Å². The van der Waals surface area contributed by atoms with Crippen LogP contribution in [-0.4, -0.2) is 5.11 Å². The van der Waals surface area contributed by atoms with Crippen LogP contribution in [0.1, 0.15) is 33.9 Å². The summed E-state index contributed by atoms with van der Waals surface area (Å²) in [5.74, 6) is 0. The van der Waals surface area contributed by atoms with E-state index < -0.39 is 6.10 Å². The number of rotatable bonds is 2. The minimum atomic E-state index is -0.711. The summed E-state index contributed by atoms with van der Waals surface area (Å²) in [6.45, 7) is 6.06. The third-order valence-corrected chi connectivity index (χ3v) is 3.65. The lowest BCUT2D eigenvalue weighted by atomic mass is 9.92. The van der Waals surface area contributed by atoms with E-state index in [0.717, 1.165) is 16.7 Å². The van der Waals surface area contributed by atoms with Gasteiger partial charge in [0.25, 0.3) is 0 Å². The number of aliphatic hydroxyl groups is 1. The monoisotopic (exact) mass is 294 g/mol. The molecule has 1 nitrogen and oxygen atoms in total. The van der Waals surface area contributed by atoms with Crippen LogP contribution in [0.3, 0.4) is 0 Å². The Morgan fingerprint density at radius 3 is 1.79 bits per heavy atom. The van der Waals surface area contributed by atoms with E-state index in [0.29, 0.717) is 15.6 Å². The Morgan fingerprint density at radius 1 is 0.842 bits per heavy atom. The zero-order valence-electron chi connectivity index (χ0n) is 11.2. The molecule has 1 unspecified atom stereocenters. The molecule has 1 atom stereocenters. The predicted octanol–water partition coefficient (Wildman–Crippen LogP) is 5.00. The van der Waals surface area contributed by atoms with E-state index >= 15 is 0 Å². The van der Waals surface area contributed by atoms with Gasteiger partial charge in [-0.25, -0.2) is 0 Å². The SMILES string of the molecule is Cc1cc(C)c(C(O)c2cc(Cl)cc(Cl)c2)c(C)c1. The van der Waals surface area contributed by atoms with Crippen LogP contribution in [0.2, 0.25) is 10.0 Å². The quantitative estimate of drug-likeness (QED) is 0.826. The number of hydrogen-bond acceptors (Lipinski definition) is 1.